The number of hydrogen-bond donors (Lipinski definition) is 0. The highest BCUT2D eigenvalue weighted by Crippen LogP contribution is 2.43. The first-order chi connectivity index (χ1) is 17.4. The van der Waals surface area contributed by atoms with Gasteiger partial charge in [-0.3, -0.25) is 4.79 Å². The van der Waals surface area contributed by atoms with Crippen molar-refractivity contribution in [3.8, 4) is 0 Å². The molecule has 1 aromatic heterocycles. The Morgan fingerprint density at radius 1 is 1.08 bits per heavy atom. The fourth-order valence-electron chi connectivity index (χ4n) is 5.64. The maximum Gasteiger partial charge on any atom is 0.227 e. The molecule has 0 unspecified atom stereocenters. The summed E-state index contributed by atoms with van der Waals surface area (Å²) in [7, 11) is 1.91. The smallest absolute Gasteiger partial charge is 0.227 e. The van der Waals surface area contributed by atoms with Gasteiger partial charge in [-0.2, -0.15) is 0 Å². The van der Waals surface area contributed by atoms with E-state index in [1.165, 1.54) is 11.1 Å². The highest BCUT2D eigenvalue weighted by Gasteiger charge is 2.37. The molecule has 5 rings (SSSR count). The highest BCUT2D eigenvalue weighted by molar-refractivity contribution is 7.10. The molecule has 3 aromatic rings. The molecule has 36 heavy (non-hydrogen) atoms. The van der Waals surface area contributed by atoms with Gasteiger partial charge in [0.15, 0.2) is 0 Å². The zero-order chi connectivity index (χ0) is 25.1. The number of likely N-dealkylation sites (N-methyl/N-ethyl adjacent to an activating group) is 1. The first-order valence-electron chi connectivity index (χ1n) is 12.7. The molecular weight excluding hydrogens is 507 g/mol. The lowest BCUT2D eigenvalue weighted by molar-refractivity contribution is -0.129. The average Bonchev–Trinajstić information content (AvgIpc) is 3.53. The van der Waals surface area contributed by atoms with Crippen molar-refractivity contribution in [1.29, 1.82) is 0 Å². The molecule has 1 fully saturated rings. The largest absolute Gasteiger partial charge is 0.345 e. The lowest BCUT2D eigenvalue weighted by atomic mass is 9.74. The highest BCUT2D eigenvalue weighted by atomic mass is 35.5. The molecule has 1 amide bonds. The SMILES string of the molecule is CN(C[C@@H](CCN1CCC2(C=Cc3ccccc32)CC1)c1ccc(Cl)c(Cl)c1)C(=O)Cc1cccs1. The fourth-order valence-corrected chi connectivity index (χ4v) is 6.65. The Labute approximate surface area is 228 Å². The van der Waals surface area contributed by atoms with Gasteiger partial charge in [0, 0.05) is 29.8 Å². The van der Waals surface area contributed by atoms with Crippen LogP contribution in [0.25, 0.3) is 6.08 Å². The summed E-state index contributed by atoms with van der Waals surface area (Å²) < 4.78 is 0. The first-order valence-corrected chi connectivity index (χ1v) is 14.3. The lowest BCUT2D eigenvalue weighted by Crippen LogP contribution is -2.42. The van der Waals surface area contributed by atoms with Crippen LogP contribution in [-0.4, -0.2) is 48.9 Å². The van der Waals surface area contributed by atoms with Crippen molar-refractivity contribution in [2.45, 2.75) is 37.0 Å². The standard InChI is InChI=1S/C30H32Cl2N2OS/c1-33(29(35)20-25-6-4-18-36-25)21-24(23-8-9-27(31)28(32)19-23)11-15-34-16-13-30(14-17-34)12-10-22-5-2-3-7-26(22)30/h2-10,12,18-19,24H,11,13-17,20-21H2,1H3/t24-/m1/s1. The molecule has 0 N–H and O–H groups in total. The Morgan fingerprint density at radius 3 is 2.64 bits per heavy atom. The van der Waals surface area contributed by atoms with Crippen molar-refractivity contribution in [2.24, 2.45) is 0 Å². The van der Waals surface area contributed by atoms with Gasteiger partial charge in [-0.05, 0) is 79.2 Å². The summed E-state index contributed by atoms with van der Waals surface area (Å²) in [6.45, 7) is 3.83. The Hall–Kier alpha value is -2.11. The van der Waals surface area contributed by atoms with Crippen molar-refractivity contribution in [1.82, 2.24) is 9.80 Å². The topological polar surface area (TPSA) is 23.6 Å². The Balaban J connectivity index is 1.23. The number of amides is 1. The summed E-state index contributed by atoms with van der Waals surface area (Å²) in [4.78, 5) is 18.5. The van der Waals surface area contributed by atoms with Gasteiger partial charge >= 0.3 is 0 Å². The number of piperidine rings is 1. The second-order valence-corrected chi connectivity index (χ2v) is 12.0. The number of benzene rings is 2. The summed E-state index contributed by atoms with van der Waals surface area (Å²) in [5, 5.41) is 3.15. The van der Waals surface area contributed by atoms with Gasteiger partial charge in [-0.15, -0.1) is 11.3 Å². The third-order valence-corrected chi connectivity index (χ3v) is 9.48. The zero-order valence-electron chi connectivity index (χ0n) is 20.6. The number of thiophene rings is 1. The summed E-state index contributed by atoms with van der Waals surface area (Å²) in [5.41, 5.74) is 4.20. The summed E-state index contributed by atoms with van der Waals surface area (Å²) in [6, 6.07) is 18.7. The minimum Gasteiger partial charge on any atom is -0.345 e. The van der Waals surface area contributed by atoms with Crippen molar-refractivity contribution < 1.29 is 4.79 Å². The van der Waals surface area contributed by atoms with E-state index in [0.29, 0.717) is 23.0 Å². The van der Waals surface area contributed by atoms with Gasteiger partial charge in [0.05, 0.1) is 16.5 Å². The van der Waals surface area contributed by atoms with Crippen LogP contribution in [0.5, 0.6) is 0 Å². The lowest BCUT2D eigenvalue weighted by Gasteiger charge is -2.40. The van der Waals surface area contributed by atoms with E-state index in [9.17, 15) is 4.79 Å². The second kappa shape index (κ2) is 11.1. The molecule has 1 saturated heterocycles. The summed E-state index contributed by atoms with van der Waals surface area (Å²) in [5.74, 6) is 0.342. The van der Waals surface area contributed by atoms with Crippen molar-refractivity contribution in [3.05, 3.63) is 97.7 Å². The minimum atomic E-state index is 0.147. The number of rotatable bonds is 8. The molecule has 2 heterocycles. The fraction of sp³-hybridized carbons (Fsp3) is 0.367. The zero-order valence-corrected chi connectivity index (χ0v) is 23.0. The maximum atomic E-state index is 12.9. The number of halogens is 2. The van der Waals surface area contributed by atoms with Crippen LogP contribution >= 0.6 is 34.5 Å². The van der Waals surface area contributed by atoms with Gasteiger partial charge in [-0.25, -0.2) is 0 Å². The Bertz CT molecular complexity index is 1230. The van der Waals surface area contributed by atoms with E-state index >= 15 is 0 Å². The molecule has 2 aromatic carbocycles. The Morgan fingerprint density at radius 2 is 1.89 bits per heavy atom. The van der Waals surface area contributed by atoms with Gasteiger partial charge in [-0.1, -0.05) is 71.8 Å². The minimum absolute atomic E-state index is 0.147. The predicted octanol–water partition coefficient (Wildman–Crippen LogP) is 7.29. The van der Waals surface area contributed by atoms with Gasteiger partial charge in [0.1, 0.15) is 0 Å². The first kappa shape index (κ1) is 25.5. The van der Waals surface area contributed by atoms with E-state index in [1.54, 1.807) is 11.3 Å². The molecule has 0 radical (unpaired) electrons. The molecule has 2 aliphatic rings. The molecule has 1 aliphatic heterocycles. The second-order valence-electron chi connectivity index (χ2n) is 10.1. The number of allylic oxidation sites excluding steroid dienone is 1. The van der Waals surface area contributed by atoms with E-state index in [-0.39, 0.29) is 17.2 Å². The van der Waals surface area contributed by atoms with Crippen molar-refractivity contribution >= 4 is 46.5 Å². The van der Waals surface area contributed by atoms with Crippen LogP contribution in [0.1, 0.15) is 46.7 Å². The van der Waals surface area contributed by atoms with E-state index < -0.39 is 0 Å². The Kier molecular flexibility index (Phi) is 7.87. The number of hydrogen-bond acceptors (Lipinski definition) is 3. The number of carbonyl (C=O) groups excluding carboxylic acids is 1. The van der Waals surface area contributed by atoms with Gasteiger partial charge in [0.2, 0.25) is 5.91 Å². The van der Waals surface area contributed by atoms with Crippen LogP contribution in [0, 0.1) is 0 Å². The number of nitrogens with zero attached hydrogens (tertiary/aromatic N) is 2. The van der Waals surface area contributed by atoms with E-state index in [2.05, 4.69) is 47.4 Å². The molecule has 0 bridgehead atoms. The van der Waals surface area contributed by atoms with Crippen LogP contribution in [0.4, 0.5) is 0 Å². The number of likely N-dealkylation sites (tertiary alicyclic amines) is 1. The molecule has 1 aliphatic carbocycles. The van der Waals surface area contributed by atoms with Crippen LogP contribution < -0.4 is 0 Å². The molecule has 1 atom stereocenters. The van der Waals surface area contributed by atoms with Crippen molar-refractivity contribution in [3.63, 3.8) is 0 Å². The van der Waals surface area contributed by atoms with Crippen LogP contribution in [0.3, 0.4) is 0 Å². The molecular formula is C30H32Cl2N2OS. The van der Waals surface area contributed by atoms with E-state index in [4.69, 9.17) is 23.2 Å². The van der Waals surface area contributed by atoms with Crippen molar-refractivity contribution in [2.75, 3.05) is 33.2 Å². The number of fused-ring (bicyclic) bond motifs is 2. The van der Waals surface area contributed by atoms with Crippen LogP contribution in [-0.2, 0) is 16.6 Å². The van der Waals surface area contributed by atoms with Crippen LogP contribution in [0.15, 0.2) is 66.1 Å². The summed E-state index contributed by atoms with van der Waals surface area (Å²) in [6.07, 6.45) is 8.45. The average molecular weight is 540 g/mol. The van der Waals surface area contributed by atoms with Gasteiger partial charge < -0.3 is 9.80 Å². The molecule has 6 heteroatoms. The van der Waals surface area contributed by atoms with E-state index in [1.807, 2.05) is 41.6 Å². The van der Waals surface area contributed by atoms with Crippen LogP contribution in [0.2, 0.25) is 10.0 Å². The predicted molar refractivity (Wildman–Crippen MR) is 152 cm³/mol. The molecule has 0 saturated carbocycles. The molecule has 1 spiro atoms. The van der Waals surface area contributed by atoms with E-state index in [0.717, 1.165) is 49.3 Å². The normalized spacial score (nSPS) is 17.3. The molecule has 188 valence electrons. The number of carbonyl (C=O) groups is 1. The van der Waals surface area contributed by atoms with Gasteiger partial charge in [0.25, 0.3) is 0 Å². The summed E-state index contributed by atoms with van der Waals surface area (Å²) >= 11 is 14.2. The third-order valence-electron chi connectivity index (χ3n) is 7.86. The quantitative estimate of drug-likeness (QED) is 0.300. The third kappa shape index (κ3) is 5.57. The monoisotopic (exact) mass is 538 g/mol. The maximum absolute atomic E-state index is 12.9. The molecule has 3 nitrogen and oxygen atoms in total.